The van der Waals surface area contributed by atoms with Crippen molar-refractivity contribution in [2.75, 3.05) is 26.2 Å². The van der Waals surface area contributed by atoms with Crippen molar-refractivity contribution in [3.05, 3.63) is 39.2 Å². The molecule has 0 bridgehead atoms. The number of ether oxygens (including phenoxy) is 2. The number of amides is 2. The van der Waals surface area contributed by atoms with E-state index in [9.17, 15) is 14.4 Å². The number of hydrogen-bond acceptors (Lipinski definition) is 6. The smallest absolute Gasteiger partial charge is 0.407 e. The number of carbonyl (C=O) groups excluding carboxylic acids is 2. The second kappa shape index (κ2) is 7.66. The molecule has 0 saturated carbocycles. The van der Waals surface area contributed by atoms with Crippen molar-refractivity contribution in [1.82, 2.24) is 10.2 Å². The van der Waals surface area contributed by atoms with Gasteiger partial charge in [-0.05, 0) is 56.9 Å². The average Bonchev–Trinajstić information content (AvgIpc) is 2.93. The first-order valence-electron chi connectivity index (χ1n) is 10.2. The number of fused-ring (bicyclic) bond motifs is 1. The molecule has 30 heavy (non-hydrogen) atoms. The summed E-state index contributed by atoms with van der Waals surface area (Å²) < 4.78 is 16.8. The molecule has 1 atom stereocenters. The van der Waals surface area contributed by atoms with Gasteiger partial charge in [0.15, 0.2) is 6.61 Å². The van der Waals surface area contributed by atoms with Gasteiger partial charge in [0.2, 0.25) is 0 Å². The molecule has 8 nitrogen and oxygen atoms in total. The first kappa shape index (κ1) is 20.3. The van der Waals surface area contributed by atoms with Crippen molar-refractivity contribution in [2.45, 2.75) is 45.6 Å². The zero-order valence-electron chi connectivity index (χ0n) is 17.5. The lowest BCUT2D eigenvalue weighted by Crippen LogP contribution is -2.38. The van der Waals surface area contributed by atoms with Gasteiger partial charge in [-0.1, -0.05) is 0 Å². The molecule has 1 aromatic heterocycles. The molecule has 0 aliphatic carbocycles. The normalized spacial score (nSPS) is 21.4. The number of benzene rings is 1. The van der Waals surface area contributed by atoms with E-state index in [1.54, 1.807) is 17.9 Å². The predicted molar refractivity (Wildman–Crippen MR) is 110 cm³/mol. The molecule has 2 saturated heterocycles. The highest BCUT2D eigenvalue weighted by atomic mass is 16.6. The maximum absolute atomic E-state index is 12.8. The molecule has 160 valence electrons. The maximum Gasteiger partial charge on any atom is 0.407 e. The lowest BCUT2D eigenvalue weighted by atomic mass is 9.95. The third-order valence-corrected chi connectivity index (χ3v) is 6.12. The quantitative estimate of drug-likeness (QED) is 0.776. The molecule has 3 heterocycles. The van der Waals surface area contributed by atoms with Crippen LogP contribution in [0.4, 0.5) is 4.79 Å². The predicted octanol–water partition coefficient (Wildman–Crippen LogP) is 2.59. The van der Waals surface area contributed by atoms with Crippen LogP contribution in [0.5, 0.6) is 5.75 Å². The Bertz CT molecular complexity index is 1080. The van der Waals surface area contributed by atoms with Crippen molar-refractivity contribution in [3.63, 3.8) is 0 Å². The Morgan fingerprint density at radius 3 is 2.70 bits per heavy atom. The molecular weight excluding hydrogens is 388 g/mol. The third-order valence-electron chi connectivity index (χ3n) is 6.12. The number of alkyl carbamates (subject to hydrolysis) is 1. The molecule has 2 aliphatic rings. The van der Waals surface area contributed by atoms with Crippen LogP contribution in [0.25, 0.3) is 11.0 Å². The van der Waals surface area contributed by atoms with Crippen LogP contribution in [-0.4, -0.2) is 48.7 Å². The summed E-state index contributed by atoms with van der Waals surface area (Å²) in [5.74, 6) is 0.411. The molecular formula is C22H26N2O6. The van der Waals surface area contributed by atoms with Gasteiger partial charge in [-0.3, -0.25) is 4.79 Å². The molecule has 1 N–H and O–H groups in total. The molecule has 2 aromatic rings. The van der Waals surface area contributed by atoms with Crippen LogP contribution in [0.1, 0.15) is 36.0 Å². The van der Waals surface area contributed by atoms with Gasteiger partial charge in [0.25, 0.3) is 5.91 Å². The van der Waals surface area contributed by atoms with Crippen LogP contribution < -0.4 is 15.7 Å². The zero-order valence-corrected chi connectivity index (χ0v) is 17.5. The summed E-state index contributed by atoms with van der Waals surface area (Å²) >= 11 is 0. The standard InChI is InChI=1S/C22H26N2O6/c1-13-9-16(19-14(2)15(3)20(26)29-17(19)10-13)28-11-18(25)24-7-4-5-22(6-8-24)12-23-21(27)30-22/h9-10H,4-8,11-12H2,1-3H3,(H,23,27). The third kappa shape index (κ3) is 3.74. The minimum absolute atomic E-state index is 0.110. The fourth-order valence-corrected chi connectivity index (χ4v) is 4.23. The lowest BCUT2D eigenvalue weighted by Gasteiger charge is -2.25. The number of hydrogen-bond donors (Lipinski definition) is 1. The van der Waals surface area contributed by atoms with E-state index in [4.69, 9.17) is 13.9 Å². The van der Waals surface area contributed by atoms with Crippen LogP contribution in [0.2, 0.25) is 0 Å². The van der Waals surface area contributed by atoms with Crippen molar-refractivity contribution >= 4 is 23.0 Å². The summed E-state index contributed by atoms with van der Waals surface area (Å²) in [6, 6.07) is 3.64. The first-order valence-corrected chi connectivity index (χ1v) is 10.2. The fourth-order valence-electron chi connectivity index (χ4n) is 4.23. The highest BCUT2D eigenvalue weighted by molar-refractivity contribution is 5.88. The van der Waals surface area contributed by atoms with Gasteiger partial charge in [-0.25, -0.2) is 9.59 Å². The highest BCUT2D eigenvalue weighted by Gasteiger charge is 2.41. The summed E-state index contributed by atoms with van der Waals surface area (Å²) in [7, 11) is 0. The SMILES string of the molecule is Cc1cc(OCC(=O)N2CCCC3(CC2)CNC(=O)O3)c2c(C)c(C)c(=O)oc2c1. The summed E-state index contributed by atoms with van der Waals surface area (Å²) in [5, 5.41) is 3.43. The number of nitrogens with one attached hydrogen (secondary N) is 1. The van der Waals surface area contributed by atoms with E-state index in [-0.39, 0.29) is 24.2 Å². The first-order chi connectivity index (χ1) is 14.3. The average molecular weight is 414 g/mol. The Kier molecular flexibility index (Phi) is 5.17. The number of rotatable bonds is 3. The number of aryl methyl sites for hydroxylation is 2. The van der Waals surface area contributed by atoms with Crippen LogP contribution in [-0.2, 0) is 9.53 Å². The molecule has 2 aliphatic heterocycles. The van der Waals surface area contributed by atoms with Gasteiger partial charge in [0.05, 0.1) is 11.9 Å². The topological polar surface area (TPSA) is 98.1 Å². The van der Waals surface area contributed by atoms with Crippen molar-refractivity contribution in [2.24, 2.45) is 0 Å². The largest absolute Gasteiger partial charge is 0.483 e. The van der Waals surface area contributed by atoms with Gasteiger partial charge < -0.3 is 24.1 Å². The highest BCUT2D eigenvalue weighted by Crippen LogP contribution is 2.32. The second-order valence-electron chi connectivity index (χ2n) is 8.22. The lowest BCUT2D eigenvalue weighted by molar-refractivity contribution is -0.133. The minimum atomic E-state index is -0.508. The maximum atomic E-state index is 12.8. The molecule has 1 unspecified atom stereocenters. The zero-order chi connectivity index (χ0) is 21.5. The van der Waals surface area contributed by atoms with Crippen LogP contribution in [0, 0.1) is 20.8 Å². The molecule has 2 fully saturated rings. The van der Waals surface area contributed by atoms with E-state index >= 15 is 0 Å². The van der Waals surface area contributed by atoms with Crippen molar-refractivity contribution in [1.29, 1.82) is 0 Å². The van der Waals surface area contributed by atoms with Crippen LogP contribution >= 0.6 is 0 Å². The number of carbonyl (C=O) groups is 2. The van der Waals surface area contributed by atoms with E-state index in [0.717, 1.165) is 24.0 Å². The summed E-state index contributed by atoms with van der Waals surface area (Å²) in [6.07, 6.45) is 1.71. The van der Waals surface area contributed by atoms with Gasteiger partial charge in [-0.2, -0.15) is 0 Å². The second-order valence-corrected chi connectivity index (χ2v) is 8.22. The van der Waals surface area contributed by atoms with Crippen molar-refractivity contribution < 1.29 is 23.5 Å². The van der Waals surface area contributed by atoms with Crippen LogP contribution in [0.3, 0.4) is 0 Å². The summed E-state index contributed by atoms with van der Waals surface area (Å²) in [6.45, 7) is 6.94. The number of nitrogens with zero attached hydrogens (tertiary/aromatic N) is 1. The van der Waals surface area contributed by atoms with Gasteiger partial charge >= 0.3 is 11.7 Å². The van der Waals surface area contributed by atoms with E-state index in [1.165, 1.54) is 0 Å². The molecule has 1 spiro atoms. The van der Waals surface area contributed by atoms with E-state index in [1.807, 2.05) is 19.9 Å². The fraction of sp³-hybridized carbons (Fsp3) is 0.500. The molecule has 1 aromatic carbocycles. The monoisotopic (exact) mass is 414 g/mol. The Morgan fingerprint density at radius 2 is 1.97 bits per heavy atom. The molecule has 0 radical (unpaired) electrons. The molecule has 2 amide bonds. The van der Waals surface area contributed by atoms with Gasteiger partial charge in [0, 0.05) is 25.1 Å². The Hall–Kier alpha value is -3.03. The Morgan fingerprint density at radius 1 is 1.17 bits per heavy atom. The van der Waals surface area contributed by atoms with Gasteiger partial charge in [-0.15, -0.1) is 0 Å². The van der Waals surface area contributed by atoms with Crippen molar-refractivity contribution in [3.8, 4) is 5.75 Å². The van der Waals surface area contributed by atoms with E-state index < -0.39 is 5.60 Å². The molecule has 4 rings (SSSR count). The summed E-state index contributed by atoms with van der Waals surface area (Å²) in [4.78, 5) is 38.0. The van der Waals surface area contributed by atoms with Crippen LogP contribution in [0.15, 0.2) is 21.3 Å². The van der Waals surface area contributed by atoms with Gasteiger partial charge in [0.1, 0.15) is 16.9 Å². The van der Waals surface area contributed by atoms with E-state index in [0.29, 0.717) is 48.3 Å². The Balaban J connectivity index is 1.49. The summed E-state index contributed by atoms with van der Waals surface area (Å²) in [5.41, 5.74) is 1.77. The minimum Gasteiger partial charge on any atom is -0.483 e. The van der Waals surface area contributed by atoms with E-state index in [2.05, 4.69) is 5.32 Å². The number of likely N-dealkylation sites (tertiary alicyclic amines) is 1. The Labute approximate surface area is 174 Å². The molecule has 8 heteroatoms.